The predicted molar refractivity (Wildman–Crippen MR) is 135 cm³/mol. The second-order valence-electron chi connectivity index (χ2n) is 8.09. The van der Waals surface area contributed by atoms with Crippen LogP contribution in [0.15, 0.2) is 49.5 Å². The van der Waals surface area contributed by atoms with E-state index in [0.717, 1.165) is 74.7 Å². The maximum Gasteiger partial charge on any atom is 0.141 e. The number of aryl methyl sites for hydroxylation is 1. The number of nitrogens with one attached hydrogen (secondary N) is 2. The number of benzene rings is 1. The van der Waals surface area contributed by atoms with Gasteiger partial charge in [-0.3, -0.25) is 10.3 Å². The Morgan fingerprint density at radius 3 is 2.67 bits per heavy atom. The van der Waals surface area contributed by atoms with Gasteiger partial charge in [-0.05, 0) is 49.2 Å². The highest BCUT2D eigenvalue weighted by Crippen LogP contribution is 2.25. The molecule has 0 unspecified atom stereocenters. The molecule has 0 atom stereocenters. The molecule has 0 radical (unpaired) electrons. The lowest BCUT2D eigenvalue weighted by Gasteiger charge is -2.36. The Hall–Kier alpha value is -3.39. The zero-order valence-electron chi connectivity index (χ0n) is 19.7. The van der Waals surface area contributed by atoms with Gasteiger partial charge in [0.05, 0.1) is 18.4 Å². The molecule has 1 aliphatic heterocycles. The third kappa shape index (κ3) is 6.10. The molecule has 0 aliphatic carbocycles. The quantitative estimate of drug-likeness (QED) is 0.275. The Balaban J connectivity index is 1.62. The van der Waals surface area contributed by atoms with Gasteiger partial charge in [-0.25, -0.2) is 9.97 Å². The van der Waals surface area contributed by atoms with Crippen molar-refractivity contribution in [2.75, 3.05) is 57.4 Å². The fourth-order valence-corrected chi connectivity index (χ4v) is 3.95. The molecule has 1 fully saturated rings. The van der Waals surface area contributed by atoms with Crippen LogP contribution in [0.3, 0.4) is 0 Å². The van der Waals surface area contributed by atoms with Crippen molar-refractivity contribution in [3.8, 4) is 5.75 Å². The number of piperazine rings is 1. The number of allylic oxidation sites excluding steroid dienone is 1. The SMILES string of the molecule is C=CC(=C)N1CCN(CCCNc2ncnc(N)c2C(=N)c2cc(CC)cc(OC)c2)CC1. The van der Waals surface area contributed by atoms with Crippen LogP contribution in [0.1, 0.15) is 30.0 Å². The molecule has 8 nitrogen and oxygen atoms in total. The highest BCUT2D eigenvalue weighted by atomic mass is 16.5. The summed E-state index contributed by atoms with van der Waals surface area (Å²) in [5.74, 6) is 1.59. The molecule has 1 aromatic heterocycles. The highest BCUT2D eigenvalue weighted by molar-refractivity contribution is 6.16. The van der Waals surface area contributed by atoms with Crippen molar-refractivity contribution in [3.05, 3.63) is 66.1 Å². The average molecular weight is 450 g/mol. The van der Waals surface area contributed by atoms with E-state index in [4.69, 9.17) is 15.9 Å². The number of anilines is 2. The molecule has 8 heteroatoms. The zero-order chi connectivity index (χ0) is 23.8. The Morgan fingerprint density at radius 1 is 1.24 bits per heavy atom. The van der Waals surface area contributed by atoms with Crippen LogP contribution in [-0.4, -0.2) is 71.9 Å². The van der Waals surface area contributed by atoms with Gasteiger partial charge in [-0.2, -0.15) is 0 Å². The molecule has 0 bridgehead atoms. The third-order valence-electron chi connectivity index (χ3n) is 5.98. The normalized spacial score (nSPS) is 14.1. The van der Waals surface area contributed by atoms with E-state index in [-0.39, 0.29) is 11.5 Å². The van der Waals surface area contributed by atoms with Crippen molar-refractivity contribution in [3.63, 3.8) is 0 Å². The van der Waals surface area contributed by atoms with E-state index in [0.29, 0.717) is 11.4 Å². The van der Waals surface area contributed by atoms with E-state index in [1.54, 1.807) is 7.11 Å². The number of hydrogen-bond acceptors (Lipinski definition) is 8. The summed E-state index contributed by atoms with van der Waals surface area (Å²) < 4.78 is 5.41. The molecule has 2 heterocycles. The van der Waals surface area contributed by atoms with Gasteiger partial charge in [0.25, 0.3) is 0 Å². The van der Waals surface area contributed by atoms with Crippen LogP contribution in [-0.2, 0) is 6.42 Å². The number of aromatic nitrogens is 2. The summed E-state index contributed by atoms with van der Waals surface area (Å²) >= 11 is 0. The molecule has 1 aliphatic rings. The minimum Gasteiger partial charge on any atom is -0.497 e. The maximum atomic E-state index is 8.82. The topological polar surface area (TPSA) is 103 Å². The van der Waals surface area contributed by atoms with E-state index in [1.807, 2.05) is 24.3 Å². The third-order valence-corrected chi connectivity index (χ3v) is 5.98. The van der Waals surface area contributed by atoms with Crippen molar-refractivity contribution in [1.29, 1.82) is 5.41 Å². The largest absolute Gasteiger partial charge is 0.497 e. The molecular weight excluding hydrogens is 414 g/mol. The molecule has 0 saturated carbocycles. The first kappa shape index (κ1) is 24.3. The smallest absolute Gasteiger partial charge is 0.141 e. The van der Waals surface area contributed by atoms with Gasteiger partial charge in [-0.1, -0.05) is 20.1 Å². The minimum absolute atomic E-state index is 0.280. The van der Waals surface area contributed by atoms with Crippen LogP contribution in [0.4, 0.5) is 11.6 Å². The molecule has 1 saturated heterocycles. The zero-order valence-corrected chi connectivity index (χ0v) is 19.7. The molecule has 2 aromatic rings. The molecule has 1 aromatic carbocycles. The Bertz CT molecular complexity index is 974. The highest BCUT2D eigenvalue weighted by Gasteiger charge is 2.19. The van der Waals surface area contributed by atoms with Crippen molar-refractivity contribution >= 4 is 17.3 Å². The fraction of sp³-hybridized carbons (Fsp3) is 0.400. The summed E-state index contributed by atoms with van der Waals surface area (Å²) in [5.41, 5.74) is 9.80. The van der Waals surface area contributed by atoms with Crippen molar-refractivity contribution in [2.24, 2.45) is 0 Å². The van der Waals surface area contributed by atoms with E-state index in [9.17, 15) is 0 Å². The van der Waals surface area contributed by atoms with E-state index in [2.05, 4.69) is 45.2 Å². The lowest BCUT2D eigenvalue weighted by atomic mass is 9.99. The summed E-state index contributed by atoms with van der Waals surface area (Å²) in [6.45, 7) is 15.6. The minimum atomic E-state index is 0.280. The van der Waals surface area contributed by atoms with Crippen molar-refractivity contribution in [2.45, 2.75) is 19.8 Å². The molecule has 0 spiro atoms. The van der Waals surface area contributed by atoms with Gasteiger partial charge in [0.1, 0.15) is 23.7 Å². The number of nitrogens with two attached hydrogens (primary N) is 1. The number of methoxy groups -OCH3 is 1. The van der Waals surface area contributed by atoms with E-state index in [1.165, 1.54) is 6.33 Å². The second-order valence-corrected chi connectivity index (χ2v) is 8.09. The number of hydrogen-bond donors (Lipinski definition) is 3. The van der Waals surface area contributed by atoms with Gasteiger partial charge in [-0.15, -0.1) is 0 Å². The summed E-state index contributed by atoms with van der Waals surface area (Å²) in [4.78, 5) is 13.2. The molecular formula is C25H35N7O. The molecule has 176 valence electrons. The summed E-state index contributed by atoms with van der Waals surface area (Å²) in [6, 6.07) is 5.81. The first-order valence-electron chi connectivity index (χ1n) is 11.4. The van der Waals surface area contributed by atoms with Crippen LogP contribution in [0, 0.1) is 5.41 Å². The number of ether oxygens (including phenoxy) is 1. The molecule has 4 N–H and O–H groups in total. The number of nitrogens with zero attached hydrogens (tertiary/aromatic N) is 4. The van der Waals surface area contributed by atoms with E-state index < -0.39 is 0 Å². The number of rotatable bonds is 11. The molecule has 3 rings (SSSR count). The van der Waals surface area contributed by atoms with Crippen LogP contribution >= 0.6 is 0 Å². The Kier molecular flexibility index (Phi) is 8.43. The second kappa shape index (κ2) is 11.5. The standard InChI is InChI=1S/C25H35N7O/c1-5-18(3)32-12-10-31(11-13-32)9-7-8-28-25-22(24(27)29-17-30-25)23(26)20-14-19(6-2)15-21(16-20)33-4/h5,14-17,26H,1,3,6-13H2,2,4H3,(H3,27,28,29,30). The Labute approximate surface area is 196 Å². The summed E-state index contributed by atoms with van der Waals surface area (Å²) in [7, 11) is 1.63. The van der Waals surface area contributed by atoms with Gasteiger partial charge < -0.3 is 20.7 Å². The van der Waals surface area contributed by atoms with Gasteiger partial charge >= 0.3 is 0 Å². The maximum absolute atomic E-state index is 8.82. The lowest BCUT2D eigenvalue weighted by Crippen LogP contribution is -2.45. The van der Waals surface area contributed by atoms with Crippen LogP contribution in [0.2, 0.25) is 0 Å². The number of nitrogen functional groups attached to an aromatic ring is 1. The fourth-order valence-electron chi connectivity index (χ4n) is 3.95. The van der Waals surface area contributed by atoms with Crippen LogP contribution in [0.5, 0.6) is 5.75 Å². The molecule has 0 amide bonds. The summed E-state index contributed by atoms with van der Waals surface area (Å²) in [6.07, 6.45) is 5.05. The van der Waals surface area contributed by atoms with Gasteiger partial charge in [0.2, 0.25) is 0 Å². The van der Waals surface area contributed by atoms with Gasteiger partial charge in [0, 0.05) is 44.0 Å². The van der Waals surface area contributed by atoms with Crippen LogP contribution in [0.25, 0.3) is 0 Å². The average Bonchev–Trinajstić information content (AvgIpc) is 2.85. The first-order chi connectivity index (χ1) is 16.0. The van der Waals surface area contributed by atoms with Crippen LogP contribution < -0.4 is 15.8 Å². The predicted octanol–water partition coefficient (Wildman–Crippen LogP) is 3.17. The molecule has 33 heavy (non-hydrogen) atoms. The van der Waals surface area contributed by atoms with Crippen molar-refractivity contribution < 1.29 is 4.74 Å². The Morgan fingerprint density at radius 2 is 2.00 bits per heavy atom. The van der Waals surface area contributed by atoms with Gasteiger partial charge in [0.15, 0.2) is 0 Å². The monoisotopic (exact) mass is 449 g/mol. The van der Waals surface area contributed by atoms with Crippen molar-refractivity contribution in [1.82, 2.24) is 19.8 Å². The first-order valence-corrected chi connectivity index (χ1v) is 11.4. The summed E-state index contributed by atoms with van der Waals surface area (Å²) in [5, 5.41) is 12.2. The van der Waals surface area contributed by atoms with E-state index >= 15 is 0 Å². The lowest BCUT2D eigenvalue weighted by molar-refractivity contribution is 0.162.